The van der Waals surface area contributed by atoms with E-state index in [1.54, 1.807) is 14.2 Å². The molecule has 2 rings (SSSR count). The van der Waals surface area contributed by atoms with Gasteiger partial charge < -0.3 is 9.47 Å². The molecule has 0 unspecified atom stereocenters. The van der Waals surface area contributed by atoms with Crippen molar-refractivity contribution in [2.75, 3.05) is 14.2 Å². The molecule has 3 atom stereocenters. The molecule has 0 saturated carbocycles. The molecule has 2 aromatic rings. The molecule has 0 heterocycles. The first-order valence-corrected chi connectivity index (χ1v) is 8.92. The van der Waals surface area contributed by atoms with Crippen LogP contribution >= 0.6 is 0 Å². The number of benzene rings is 2. The first-order valence-electron chi connectivity index (χ1n) is 8.92. The molecule has 24 heavy (non-hydrogen) atoms. The molecule has 130 valence electrons. The summed E-state index contributed by atoms with van der Waals surface area (Å²) in [7, 11) is 3.43. The third-order valence-corrected chi connectivity index (χ3v) is 5.26. The van der Waals surface area contributed by atoms with Crippen LogP contribution in [0.1, 0.15) is 56.6 Å². The Balaban J connectivity index is 2.24. The smallest absolute Gasteiger partial charge is 0.118 e. The Bertz CT molecular complexity index is 601. The fraction of sp³-hybridized carbons (Fsp3) is 0.455. The average Bonchev–Trinajstić information content (AvgIpc) is 2.65. The van der Waals surface area contributed by atoms with Crippen molar-refractivity contribution in [3.8, 4) is 11.5 Å². The van der Waals surface area contributed by atoms with Gasteiger partial charge in [-0.25, -0.2) is 0 Å². The molecule has 0 amide bonds. The zero-order chi connectivity index (χ0) is 17.5. The highest BCUT2D eigenvalue weighted by molar-refractivity contribution is 5.32. The first kappa shape index (κ1) is 18.4. The van der Waals surface area contributed by atoms with Crippen LogP contribution in [0.15, 0.2) is 48.5 Å². The summed E-state index contributed by atoms with van der Waals surface area (Å²) in [4.78, 5) is 0. The SMILES string of the molecule is CC[C@H]([C@H](C)c1ccc(OC)cc1)[C@H](CC)c1ccc(OC)cc1. The monoisotopic (exact) mass is 326 g/mol. The largest absolute Gasteiger partial charge is 0.497 e. The van der Waals surface area contributed by atoms with Gasteiger partial charge in [-0.1, -0.05) is 51.5 Å². The van der Waals surface area contributed by atoms with E-state index in [1.165, 1.54) is 11.1 Å². The van der Waals surface area contributed by atoms with Crippen LogP contribution in [0.5, 0.6) is 11.5 Å². The van der Waals surface area contributed by atoms with Gasteiger partial charge in [0, 0.05) is 0 Å². The van der Waals surface area contributed by atoms with Crippen molar-refractivity contribution >= 4 is 0 Å². The van der Waals surface area contributed by atoms with Crippen molar-refractivity contribution in [1.29, 1.82) is 0 Å². The Morgan fingerprint density at radius 2 is 1.17 bits per heavy atom. The van der Waals surface area contributed by atoms with Crippen molar-refractivity contribution < 1.29 is 9.47 Å². The number of hydrogen-bond donors (Lipinski definition) is 0. The molecule has 0 aliphatic heterocycles. The molecule has 0 bridgehead atoms. The van der Waals surface area contributed by atoms with E-state index in [9.17, 15) is 0 Å². The Labute approximate surface area is 146 Å². The fourth-order valence-electron chi connectivity index (χ4n) is 3.78. The second kappa shape index (κ2) is 8.77. The van der Waals surface area contributed by atoms with Gasteiger partial charge in [0.15, 0.2) is 0 Å². The van der Waals surface area contributed by atoms with E-state index < -0.39 is 0 Å². The molecule has 0 spiro atoms. The van der Waals surface area contributed by atoms with Crippen LogP contribution in [0.25, 0.3) is 0 Å². The van der Waals surface area contributed by atoms with Crippen molar-refractivity contribution in [3.05, 3.63) is 59.7 Å². The van der Waals surface area contributed by atoms with Gasteiger partial charge in [-0.15, -0.1) is 0 Å². The Hall–Kier alpha value is -1.96. The van der Waals surface area contributed by atoms with Crippen molar-refractivity contribution in [2.45, 2.75) is 45.4 Å². The summed E-state index contributed by atoms with van der Waals surface area (Å²) >= 11 is 0. The second-order valence-electron chi connectivity index (χ2n) is 6.42. The Morgan fingerprint density at radius 1 is 0.708 bits per heavy atom. The molecule has 0 N–H and O–H groups in total. The number of methoxy groups -OCH3 is 2. The summed E-state index contributed by atoms with van der Waals surface area (Å²) in [5.41, 5.74) is 2.79. The molecule has 0 aliphatic carbocycles. The average molecular weight is 326 g/mol. The summed E-state index contributed by atoms with van der Waals surface area (Å²) in [6.45, 7) is 6.94. The van der Waals surface area contributed by atoms with Crippen LogP contribution in [0, 0.1) is 5.92 Å². The third kappa shape index (κ3) is 4.11. The number of ether oxygens (including phenoxy) is 2. The van der Waals surface area contributed by atoms with Crippen LogP contribution in [0.2, 0.25) is 0 Å². The molecule has 0 fully saturated rings. The molecule has 2 nitrogen and oxygen atoms in total. The number of hydrogen-bond acceptors (Lipinski definition) is 2. The summed E-state index contributed by atoms with van der Waals surface area (Å²) in [6, 6.07) is 17.1. The summed E-state index contributed by atoms with van der Waals surface area (Å²) < 4.78 is 10.6. The van der Waals surface area contributed by atoms with Crippen molar-refractivity contribution in [2.24, 2.45) is 5.92 Å². The minimum atomic E-state index is 0.507. The minimum absolute atomic E-state index is 0.507. The van der Waals surface area contributed by atoms with E-state index in [2.05, 4.69) is 69.3 Å². The number of rotatable bonds is 8. The topological polar surface area (TPSA) is 18.5 Å². The van der Waals surface area contributed by atoms with E-state index in [0.717, 1.165) is 24.3 Å². The maximum absolute atomic E-state index is 5.30. The highest BCUT2D eigenvalue weighted by Gasteiger charge is 2.26. The van der Waals surface area contributed by atoms with E-state index in [1.807, 2.05) is 0 Å². The molecule has 0 aliphatic rings. The van der Waals surface area contributed by atoms with Crippen LogP contribution in [0.4, 0.5) is 0 Å². The van der Waals surface area contributed by atoms with Gasteiger partial charge in [0.2, 0.25) is 0 Å². The van der Waals surface area contributed by atoms with Gasteiger partial charge in [-0.3, -0.25) is 0 Å². The second-order valence-corrected chi connectivity index (χ2v) is 6.42. The normalized spacial score (nSPS) is 14.7. The van der Waals surface area contributed by atoms with E-state index in [0.29, 0.717) is 17.8 Å². The quantitative estimate of drug-likeness (QED) is 0.590. The van der Waals surface area contributed by atoms with Gasteiger partial charge >= 0.3 is 0 Å². The zero-order valence-corrected chi connectivity index (χ0v) is 15.6. The highest BCUT2D eigenvalue weighted by atomic mass is 16.5. The predicted octanol–water partition coefficient (Wildman–Crippen LogP) is 6.03. The standard InChI is InChI=1S/C22H30O2/c1-6-21(16(3)17-8-12-19(23-4)13-9-17)22(7-2)18-10-14-20(24-5)15-11-18/h8-16,21-22H,6-7H2,1-5H3/t16-,21-,22-/m1/s1. The Morgan fingerprint density at radius 3 is 1.54 bits per heavy atom. The molecule has 2 aromatic carbocycles. The molecular formula is C22H30O2. The lowest BCUT2D eigenvalue weighted by molar-refractivity contribution is 0.345. The maximum Gasteiger partial charge on any atom is 0.118 e. The van der Waals surface area contributed by atoms with Gasteiger partial charge in [-0.2, -0.15) is 0 Å². The lowest BCUT2D eigenvalue weighted by Crippen LogP contribution is -2.18. The van der Waals surface area contributed by atoms with Gasteiger partial charge in [0.1, 0.15) is 11.5 Å². The third-order valence-electron chi connectivity index (χ3n) is 5.26. The fourth-order valence-corrected chi connectivity index (χ4v) is 3.78. The van der Waals surface area contributed by atoms with E-state index in [4.69, 9.17) is 9.47 Å². The van der Waals surface area contributed by atoms with Crippen molar-refractivity contribution in [1.82, 2.24) is 0 Å². The summed E-state index contributed by atoms with van der Waals surface area (Å²) in [5.74, 6) is 3.51. The molecule has 2 heteroatoms. The Kier molecular flexibility index (Phi) is 6.72. The van der Waals surface area contributed by atoms with Crippen LogP contribution in [-0.2, 0) is 0 Å². The highest BCUT2D eigenvalue weighted by Crippen LogP contribution is 2.40. The van der Waals surface area contributed by atoms with Crippen LogP contribution < -0.4 is 9.47 Å². The zero-order valence-electron chi connectivity index (χ0n) is 15.6. The van der Waals surface area contributed by atoms with Crippen LogP contribution in [0.3, 0.4) is 0 Å². The predicted molar refractivity (Wildman–Crippen MR) is 101 cm³/mol. The molecule has 0 radical (unpaired) electrons. The van der Waals surface area contributed by atoms with Crippen molar-refractivity contribution in [3.63, 3.8) is 0 Å². The maximum atomic E-state index is 5.30. The molecular weight excluding hydrogens is 296 g/mol. The van der Waals surface area contributed by atoms with Gasteiger partial charge in [0.05, 0.1) is 14.2 Å². The molecule has 0 aromatic heterocycles. The van der Waals surface area contributed by atoms with Crippen LogP contribution in [-0.4, -0.2) is 14.2 Å². The summed E-state index contributed by atoms with van der Waals surface area (Å²) in [6.07, 6.45) is 2.31. The lowest BCUT2D eigenvalue weighted by atomic mass is 9.73. The first-order chi connectivity index (χ1) is 11.6. The lowest BCUT2D eigenvalue weighted by Gasteiger charge is -2.31. The minimum Gasteiger partial charge on any atom is -0.497 e. The van der Waals surface area contributed by atoms with E-state index in [-0.39, 0.29) is 0 Å². The summed E-state index contributed by atoms with van der Waals surface area (Å²) in [5, 5.41) is 0. The van der Waals surface area contributed by atoms with E-state index >= 15 is 0 Å². The molecule has 0 saturated heterocycles. The van der Waals surface area contributed by atoms with Gasteiger partial charge in [0.25, 0.3) is 0 Å². The van der Waals surface area contributed by atoms with Gasteiger partial charge in [-0.05, 0) is 59.6 Å².